The van der Waals surface area contributed by atoms with E-state index in [1.807, 2.05) is 55.5 Å². The van der Waals surface area contributed by atoms with Crippen molar-refractivity contribution in [2.24, 2.45) is 0 Å². The van der Waals surface area contributed by atoms with E-state index in [0.29, 0.717) is 24.3 Å². The second-order valence-corrected chi connectivity index (χ2v) is 6.13. The standard InChI is InChI=1S/C21H23NO4/c1-14(19-13-16-7-4-5-9-17(16)26-19)22-20(23)12-11-15-8-6-10-18(24-2)21(15)25-3/h4-10,13-14H,11-12H2,1-3H3,(H,22,23). The number of hydrogen-bond donors (Lipinski definition) is 1. The highest BCUT2D eigenvalue weighted by Gasteiger charge is 2.15. The lowest BCUT2D eigenvalue weighted by Crippen LogP contribution is -2.26. The quantitative estimate of drug-likeness (QED) is 0.689. The largest absolute Gasteiger partial charge is 0.493 e. The molecule has 0 aliphatic heterocycles. The Morgan fingerprint density at radius 2 is 1.92 bits per heavy atom. The lowest BCUT2D eigenvalue weighted by molar-refractivity contribution is -0.121. The van der Waals surface area contributed by atoms with Gasteiger partial charge in [0.2, 0.25) is 5.91 Å². The van der Waals surface area contributed by atoms with Gasteiger partial charge in [-0.1, -0.05) is 30.3 Å². The predicted molar refractivity (Wildman–Crippen MR) is 101 cm³/mol. The van der Waals surface area contributed by atoms with Crippen LogP contribution < -0.4 is 14.8 Å². The van der Waals surface area contributed by atoms with E-state index in [2.05, 4.69) is 5.32 Å². The fourth-order valence-corrected chi connectivity index (χ4v) is 3.00. The molecule has 0 aliphatic carbocycles. The zero-order valence-electron chi connectivity index (χ0n) is 15.2. The summed E-state index contributed by atoms with van der Waals surface area (Å²) in [4.78, 5) is 12.3. The Bertz CT molecular complexity index is 867. The number of rotatable bonds is 7. The van der Waals surface area contributed by atoms with Crippen molar-refractivity contribution in [1.29, 1.82) is 0 Å². The molecule has 5 nitrogen and oxygen atoms in total. The van der Waals surface area contributed by atoms with E-state index in [1.54, 1.807) is 14.2 Å². The maximum Gasteiger partial charge on any atom is 0.220 e. The van der Waals surface area contributed by atoms with Crippen LogP contribution in [0.4, 0.5) is 0 Å². The van der Waals surface area contributed by atoms with Crippen molar-refractivity contribution >= 4 is 16.9 Å². The number of fused-ring (bicyclic) bond motifs is 1. The number of ether oxygens (including phenoxy) is 2. The van der Waals surface area contributed by atoms with Gasteiger partial charge < -0.3 is 19.2 Å². The van der Waals surface area contributed by atoms with Crippen LogP contribution in [0.15, 0.2) is 52.9 Å². The van der Waals surface area contributed by atoms with Crippen LogP contribution in [-0.4, -0.2) is 20.1 Å². The minimum Gasteiger partial charge on any atom is -0.493 e. The first-order chi connectivity index (χ1) is 12.6. The maximum absolute atomic E-state index is 12.3. The van der Waals surface area contributed by atoms with Crippen LogP contribution >= 0.6 is 0 Å². The van der Waals surface area contributed by atoms with Gasteiger partial charge in [-0.3, -0.25) is 4.79 Å². The zero-order chi connectivity index (χ0) is 18.5. The second-order valence-electron chi connectivity index (χ2n) is 6.13. The molecule has 3 rings (SSSR count). The smallest absolute Gasteiger partial charge is 0.220 e. The van der Waals surface area contributed by atoms with E-state index in [4.69, 9.17) is 13.9 Å². The number of furan rings is 1. The zero-order valence-corrected chi connectivity index (χ0v) is 15.2. The molecule has 1 N–H and O–H groups in total. The van der Waals surface area contributed by atoms with Gasteiger partial charge in [0.1, 0.15) is 11.3 Å². The molecule has 0 radical (unpaired) electrons. The molecule has 5 heteroatoms. The summed E-state index contributed by atoms with van der Waals surface area (Å²) in [6.07, 6.45) is 0.924. The van der Waals surface area contributed by atoms with Crippen LogP contribution in [0.3, 0.4) is 0 Å². The molecular formula is C21H23NO4. The van der Waals surface area contributed by atoms with Crippen molar-refractivity contribution < 1.29 is 18.7 Å². The molecule has 2 aromatic carbocycles. The molecule has 1 atom stereocenters. The number of carbonyl (C=O) groups excluding carboxylic acids is 1. The minimum absolute atomic E-state index is 0.0390. The van der Waals surface area contributed by atoms with Crippen LogP contribution in [0, 0.1) is 0 Å². The van der Waals surface area contributed by atoms with Crippen LogP contribution in [-0.2, 0) is 11.2 Å². The van der Waals surface area contributed by atoms with Crippen LogP contribution in [0.25, 0.3) is 11.0 Å². The molecule has 0 fully saturated rings. The fourth-order valence-electron chi connectivity index (χ4n) is 3.00. The minimum atomic E-state index is -0.192. The van der Waals surface area contributed by atoms with Gasteiger partial charge in [-0.25, -0.2) is 0 Å². The molecule has 0 saturated heterocycles. The van der Waals surface area contributed by atoms with E-state index in [0.717, 1.165) is 22.3 Å². The molecule has 0 bridgehead atoms. The molecule has 0 saturated carbocycles. The number of methoxy groups -OCH3 is 2. The molecule has 1 amide bonds. The van der Waals surface area contributed by atoms with Gasteiger partial charge >= 0.3 is 0 Å². The van der Waals surface area contributed by atoms with Crippen LogP contribution in [0.2, 0.25) is 0 Å². The summed E-state index contributed by atoms with van der Waals surface area (Å²) in [5, 5.41) is 4.02. The van der Waals surface area contributed by atoms with E-state index < -0.39 is 0 Å². The third-order valence-corrected chi connectivity index (χ3v) is 4.35. The Morgan fingerprint density at radius 1 is 1.12 bits per heavy atom. The van der Waals surface area contributed by atoms with Gasteiger partial charge in [0, 0.05) is 11.8 Å². The lowest BCUT2D eigenvalue weighted by atomic mass is 10.1. The van der Waals surface area contributed by atoms with Crippen LogP contribution in [0.1, 0.15) is 30.7 Å². The molecule has 0 spiro atoms. The van der Waals surface area contributed by atoms with Crippen molar-refractivity contribution in [3.05, 3.63) is 59.9 Å². The highest BCUT2D eigenvalue weighted by atomic mass is 16.5. The molecule has 3 aromatic rings. The normalized spacial score (nSPS) is 12.0. The third kappa shape index (κ3) is 3.82. The SMILES string of the molecule is COc1cccc(CCC(=O)NC(C)c2cc3ccccc3o2)c1OC. The van der Waals surface area contributed by atoms with Crippen molar-refractivity contribution in [1.82, 2.24) is 5.32 Å². The topological polar surface area (TPSA) is 60.7 Å². The van der Waals surface area contributed by atoms with Gasteiger partial charge in [0.15, 0.2) is 11.5 Å². The Balaban J connectivity index is 1.62. The van der Waals surface area contributed by atoms with Gasteiger partial charge in [-0.2, -0.15) is 0 Å². The number of hydrogen-bond acceptors (Lipinski definition) is 4. The van der Waals surface area contributed by atoms with Crippen LogP contribution in [0.5, 0.6) is 11.5 Å². The summed E-state index contributed by atoms with van der Waals surface area (Å²) in [5.41, 5.74) is 1.77. The second kappa shape index (κ2) is 7.95. The Morgan fingerprint density at radius 3 is 2.65 bits per heavy atom. The molecular weight excluding hydrogens is 330 g/mol. The van der Waals surface area contributed by atoms with Gasteiger partial charge in [-0.15, -0.1) is 0 Å². The molecule has 1 aromatic heterocycles. The molecule has 1 heterocycles. The molecule has 136 valence electrons. The monoisotopic (exact) mass is 353 g/mol. The third-order valence-electron chi connectivity index (χ3n) is 4.35. The first kappa shape index (κ1) is 17.9. The number of amides is 1. The van der Waals surface area contributed by atoms with Gasteiger partial charge in [-0.05, 0) is 37.1 Å². The van der Waals surface area contributed by atoms with E-state index >= 15 is 0 Å². The van der Waals surface area contributed by atoms with Gasteiger partial charge in [0.25, 0.3) is 0 Å². The first-order valence-corrected chi connectivity index (χ1v) is 8.60. The highest BCUT2D eigenvalue weighted by Crippen LogP contribution is 2.31. The van der Waals surface area contributed by atoms with E-state index in [9.17, 15) is 4.79 Å². The molecule has 1 unspecified atom stereocenters. The number of carbonyl (C=O) groups is 1. The summed E-state index contributed by atoms with van der Waals surface area (Å²) in [6.45, 7) is 1.92. The Hall–Kier alpha value is -2.95. The summed E-state index contributed by atoms with van der Waals surface area (Å²) < 4.78 is 16.5. The Labute approximate surface area is 152 Å². The summed E-state index contributed by atoms with van der Waals surface area (Å²) >= 11 is 0. The van der Waals surface area contributed by atoms with Crippen molar-refractivity contribution in [3.8, 4) is 11.5 Å². The summed E-state index contributed by atoms with van der Waals surface area (Å²) in [6, 6.07) is 15.3. The van der Waals surface area contributed by atoms with E-state index in [-0.39, 0.29) is 11.9 Å². The van der Waals surface area contributed by atoms with Gasteiger partial charge in [0.05, 0.1) is 20.3 Å². The number of aryl methyl sites for hydroxylation is 1. The fraction of sp³-hybridized carbons (Fsp3) is 0.286. The average Bonchev–Trinajstić information content (AvgIpc) is 3.10. The summed E-state index contributed by atoms with van der Waals surface area (Å²) in [7, 11) is 3.20. The van der Waals surface area contributed by atoms with Crippen molar-refractivity contribution in [3.63, 3.8) is 0 Å². The number of benzene rings is 2. The highest BCUT2D eigenvalue weighted by molar-refractivity contribution is 5.79. The number of para-hydroxylation sites is 2. The maximum atomic E-state index is 12.3. The predicted octanol–water partition coefficient (Wildman–Crippen LogP) is 4.26. The Kier molecular flexibility index (Phi) is 5.46. The van der Waals surface area contributed by atoms with E-state index in [1.165, 1.54) is 0 Å². The average molecular weight is 353 g/mol. The summed E-state index contributed by atoms with van der Waals surface area (Å²) in [5.74, 6) is 2.05. The molecule has 0 aliphatic rings. The number of nitrogens with one attached hydrogen (secondary N) is 1. The molecule has 26 heavy (non-hydrogen) atoms. The lowest BCUT2D eigenvalue weighted by Gasteiger charge is -2.14. The van der Waals surface area contributed by atoms with Crippen molar-refractivity contribution in [2.45, 2.75) is 25.8 Å². The van der Waals surface area contributed by atoms with Crippen molar-refractivity contribution in [2.75, 3.05) is 14.2 Å². The first-order valence-electron chi connectivity index (χ1n) is 8.60.